The minimum absolute atomic E-state index is 0.00409. The lowest BCUT2D eigenvalue weighted by molar-refractivity contribution is -0.151. The molecule has 0 aliphatic carbocycles. The molecule has 3 N–H and O–H groups in total. The van der Waals surface area contributed by atoms with E-state index in [1.807, 2.05) is 6.26 Å². The normalized spacial score (nSPS) is 20.8. The number of aromatic nitrogens is 1. The summed E-state index contributed by atoms with van der Waals surface area (Å²) in [5.74, 6) is -1.78. The van der Waals surface area contributed by atoms with E-state index in [2.05, 4.69) is 20.9 Å². The number of nitrogens with zero attached hydrogens (tertiary/aromatic N) is 1. The Hall–Kier alpha value is -3.12. The van der Waals surface area contributed by atoms with Gasteiger partial charge in [-0.15, -0.1) is 11.8 Å². The third-order valence-corrected chi connectivity index (χ3v) is 6.87. The van der Waals surface area contributed by atoms with Crippen molar-refractivity contribution in [3.05, 3.63) is 47.4 Å². The predicted molar refractivity (Wildman–Crippen MR) is 143 cm³/mol. The standard InChI is InChI=1S/C25H32N4O6S2/c1-5-17-23(32)29-18(6-2)25(34)35-16(9-7-8-12-37-15(3)30)13-22(31)26-14-20-21(36-4)11-10-19(27-20)24(33)28-17/h5,7,9-11,16,18H,6,8,12-14H2,1-4H3,(H,26,31)(H,28,33)(H,29,32)/b9-7+,17-5-/t16-,18+/m1/s1. The van der Waals surface area contributed by atoms with Crippen molar-refractivity contribution in [1.29, 1.82) is 0 Å². The molecule has 1 aromatic heterocycles. The quantitative estimate of drug-likeness (QED) is 0.161. The Balaban J connectivity index is 2.36. The Kier molecular flexibility index (Phi) is 12.4. The first-order valence-corrected chi connectivity index (χ1v) is 14.0. The minimum Gasteiger partial charge on any atom is -0.456 e. The summed E-state index contributed by atoms with van der Waals surface area (Å²) in [5, 5.41) is 7.89. The molecule has 0 aromatic carbocycles. The van der Waals surface area contributed by atoms with E-state index >= 15 is 0 Å². The topological polar surface area (TPSA) is 144 Å². The average Bonchev–Trinajstić information content (AvgIpc) is 2.87. The molecule has 1 aliphatic rings. The fourth-order valence-electron chi connectivity index (χ4n) is 3.27. The van der Waals surface area contributed by atoms with Crippen molar-refractivity contribution < 1.29 is 28.7 Å². The number of esters is 1. The van der Waals surface area contributed by atoms with Crippen LogP contribution in [0, 0.1) is 0 Å². The van der Waals surface area contributed by atoms with E-state index in [9.17, 15) is 24.0 Å². The summed E-state index contributed by atoms with van der Waals surface area (Å²) in [7, 11) is 0. The van der Waals surface area contributed by atoms with Crippen molar-refractivity contribution in [1.82, 2.24) is 20.9 Å². The van der Waals surface area contributed by atoms with Gasteiger partial charge in [-0.3, -0.25) is 19.2 Å². The lowest BCUT2D eigenvalue weighted by Gasteiger charge is -2.21. The third kappa shape index (κ3) is 9.69. The van der Waals surface area contributed by atoms with Crippen LogP contribution in [0.4, 0.5) is 0 Å². The Morgan fingerprint density at radius 2 is 1.97 bits per heavy atom. The highest BCUT2D eigenvalue weighted by atomic mass is 32.2. The lowest BCUT2D eigenvalue weighted by atomic mass is 10.1. The average molecular weight is 549 g/mol. The van der Waals surface area contributed by atoms with Crippen molar-refractivity contribution in [2.75, 3.05) is 12.0 Å². The van der Waals surface area contributed by atoms with Crippen molar-refractivity contribution in [2.45, 2.75) is 63.6 Å². The van der Waals surface area contributed by atoms with Crippen LogP contribution in [-0.4, -0.2) is 57.9 Å². The Labute approximate surface area is 224 Å². The number of nitrogens with one attached hydrogen (secondary N) is 3. The second kappa shape index (κ2) is 15.2. The third-order valence-electron chi connectivity index (χ3n) is 5.21. The highest BCUT2D eigenvalue weighted by Crippen LogP contribution is 2.20. The molecule has 37 heavy (non-hydrogen) atoms. The van der Waals surface area contributed by atoms with Crippen LogP contribution < -0.4 is 16.0 Å². The number of amides is 3. The molecule has 0 radical (unpaired) electrons. The molecule has 200 valence electrons. The lowest BCUT2D eigenvalue weighted by Crippen LogP contribution is -2.46. The molecule has 2 rings (SSSR count). The second-order valence-electron chi connectivity index (χ2n) is 7.95. The van der Waals surface area contributed by atoms with Gasteiger partial charge >= 0.3 is 5.97 Å². The van der Waals surface area contributed by atoms with Gasteiger partial charge in [-0.1, -0.05) is 30.8 Å². The molecular weight excluding hydrogens is 516 g/mol. The van der Waals surface area contributed by atoms with Crippen LogP contribution in [0.3, 0.4) is 0 Å². The number of carbonyl (C=O) groups excluding carboxylic acids is 5. The molecular formula is C25H32N4O6S2. The van der Waals surface area contributed by atoms with Gasteiger partial charge < -0.3 is 20.7 Å². The second-order valence-corrected chi connectivity index (χ2v) is 10.1. The number of ether oxygens (including phenoxy) is 1. The highest BCUT2D eigenvalue weighted by Gasteiger charge is 2.26. The zero-order valence-corrected chi connectivity index (χ0v) is 22.9. The largest absolute Gasteiger partial charge is 0.456 e. The number of fused-ring (bicyclic) bond motifs is 2. The van der Waals surface area contributed by atoms with Gasteiger partial charge in [0.2, 0.25) is 5.91 Å². The number of allylic oxidation sites excluding steroid dienone is 2. The van der Waals surface area contributed by atoms with Crippen LogP contribution in [0.15, 0.2) is 41.0 Å². The maximum atomic E-state index is 12.9. The molecule has 0 saturated carbocycles. The van der Waals surface area contributed by atoms with Gasteiger partial charge in [0.1, 0.15) is 23.5 Å². The molecule has 1 aromatic rings. The zero-order valence-electron chi connectivity index (χ0n) is 21.3. The van der Waals surface area contributed by atoms with Gasteiger partial charge in [0.25, 0.3) is 11.8 Å². The number of rotatable bonds is 6. The molecule has 3 amide bonds. The highest BCUT2D eigenvalue weighted by molar-refractivity contribution is 8.13. The van der Waals surface area contributed by atoms with Crippen molar-refractivity contribution >= 4 is 52.3 Å². The molecule has 1 aliphatic heterocycles. The van der Waals surface area contributed by atoms with Crippen molar-refractivity contribution in [3.8, 4) is 0 Å². The molecule has 2 heterocycles. The molecule has 0 fully saturated rings. The molecule has 0 spiro atoms. The summed E-state index contributed by atoms with van der Waals surface area (Å²) >= 11 is 2.59. The van der Waals surface area contributed by atoms with Gasteiger partial charge in [0, 0.05) is 17.6 Å². The SMILES string of the molecule is C/C=C1\NC(=O)c2ccc(SC)c(n2)CNC(=O)C[C@@H](/C=C/CCSC(C)=O)OC(=O)[C@H](CC)NC1=O. The Morgan fingerprint density at radius 3 is 2.62 bits per heavy atom. The fraction of sp³-hybridized carbons (Fsp3) is 0.440. The van der Waals surface area contributed by atoms with Crippen LogP contribution in [0.2, 0.25) is 0 Å². The van der Waals surface area contributed by atoms with Gasteiger partial charge in [-0.05, 0) is 44.2 Å². The van der Waals surface area contributed by atoms with Crippen LogP contribution in [0.5, 0.6) is 0 Å². The minimum atomic E-state index is -0.995. The van der Waals surface area contributed by atoms with Gasteiger partial charge in [0.15, 0.2) is 5.12 Å². The Bertz CT molecular complexity index is 1090. The fourth-order valence-corrected chi connectivity index (χ4v) is 4.37. The molecule has 2 bridgehead atoms. The number of pyridine rings is 1. The number of carbonyl (C=O) groups is 5. The van der Waals surface area contributed by atoms with E-state index in [0.29, 0.717) is 17.9 Å². The Morgan fingerprint density at radius 1 is 1.22 bits per heavy atom. The molecule has 10 nitrogen and oxygen atoms in total. The maximum absolute atomic E-state index is 12.9. The zero-order chi connectivity index (χ0) is 27.4. The maximum Gasteiger partial charge on any atom is 0.329 e. The first-order valence-electron chi connectivity index (χ1n) is 11.8. The van der Waals surface area contributed by atoms with E-state index in [4.69, 9.17) is 4.74 Å². The van der Waals surface area contributed by atoms with Crippen molar-refractivity contribution in [3.63, 3.8) is 0 Å². The first kappa shape index (κ1) is 30.1. The van der Waals surface area contributed by atoms with Crippen LogP contribution in [-0.2, 0) is 30.5 Å². The predicted octanol–water partition coefficient (Wildman–Crippen LogP) is 2.49. The van der Waals surface area contributed by atoms with Crippen molar-refractivity contribution in [2.24, 2.45) is 0 Å². The van der Waals surface area contributed by atoms with Gasteiger partial charge in [-0.2, -0.15) is 0 Å². The number of hydrogen-bond donors (Lipinski definition) is 3. The summed E-state index contributed by atoms with van der Waals surface area (Å²) in [6, 6.07) is 2.27. The van der Waals surface area contributed by atoms with E-state index < -0.39 is 29.9 Å². The van der Waals surface area contributed by atoms with Gasteiger partial charge in [0.05, 0.1) is 18.7 Å². The number of cyclic esters (lactones) is 1. The summed E-state index contributed by atoms with van der Waals surface area (Å²) in [5.41, 5.74) is 0.536. The summed E-state index contributed by atoms with van der Waals surface area (Å²) < 4.78 is 5.58. The van der Waals surface area contributed by atoms with E-state index in [1.54, 1.807) is 32.1 Å². The molecule has 2 atom stereocenters. The van der Waals surface area contributed by atoms with E-state index in [1.165, 1.54) is 42.6 Å². The molecule has 12 heteroatoms. The van der Waals surface area contributed by atoms with E-state index in [0.717, 1.165) is 4.90 Å². The van der Waals surface area contributed by atoms with Crippen LogP contribution in [0.1, 0.15) is 56.2 Å². The monoisotopic (exact) mass is 548 g/mol. The smallest absolute Gasteiger partial charge is 0.329 e. The summed E-state index contributed by atoms with van der Waals surface area (Å²) in [6.07, 6.45) is 6.39. The molecule has 0 unspecified atom stereocenters. The summed E-state index contributed by atoms with van der Waals surface area (Å²) in [4.78, 5) is 67.5. The van der Waals surface area contributed by atoms with Crippen LogP contribution >= 0.6 is 23.5 Å². The first-order chi connectivity index (χ1) is 17.7. The van der Waals surface area contributed by atoms with Crippen LogP contribution in [0.25, 0.3) is 0 Å². The number of hydrogen-bond acceptors (Lipinski definition) is 9. The summed E-state index contributed by atoms with van der Waals surface area (Å²) in [6.45, 7) is 4.83. The van der Waals surface area contributed by atoms with Gasteiger partial charge in [-0.25, -0.2) is 9.78 Å². The van der Waals surface area contributed by atoms with E-state index in [-0.39, 0.29) is 41.8 Å². The number of thioether (sulfide) groups is 2. The molecule has 0 saturated heterocycles.